The van der Waals surface area contributed by atoms with Crippen LogP contribution in [0.5, 0.6) is 0 Å². The molecule has 1 aromatic carbocycles. The average molecular weight is 327 g/mol. The molecule has 1 aromatic rings. The zero-order valence-electron chi connectivity index (χ0n) is 12.3. The Morgan fingerprint density at radius 3 is 2.90 bits per heavy atom. The van der Waals surface area contributed by atoms with Gasteiger partial charge in [-0.05, 0) is 24.8 Å². The number of nitrogens with two attached hydrogens (primary N) is 1. The van der Waals surface area contributed by atoms with Crippen molar-refractivity contribution in [2.45, 2.75) is 37.0 Å². The third-order valence-corrected chi connectivity index (χ3v) is 6.23. The van der Waals surface area contributed by atoms with Crippen molar-refractivity contribution in [2.75, 3.05) is 23.0 Å². The van der Waals surface area contributed by atoms with Crippen LogP contribution in [0, 0.1) is 0 Å². The Morgan fingerprint density at radius 1 is 1.50 bits per heavy atom. The van der Waals surface area contributed by atoms with E-state index in [2.05, 4.69) is 43.9 Å². The van der Waals surface area contributed by atoms with E-state index in [4.69, 9.17) is 18.0 Å². The minimum absolute atomic E-state index is 0.503. The maximum absolute atomic E-state index is 6.02. The van der Waals surface area contributed by atoms with Gasteiger partial charge in [0.05, 0.1) is 0 Å². The third kappa shape index (κ3) is 3.26. The minimum atomic E-state index is 0.503. The monoisotopic (exact) mass is 326 g/mol. The Hall–Kier alpha value is -0.390. The van der Waals surface area contributed by atoms with E-state index in [1.54, 1.807) is 0 Å². The number of rotatable bonds is 4. The van der Waals surface area contributed by atoms with Gasteiger partial charge >= 0.3 is 0 Å². The molecule has 0 aromatic heterocycles. The number of thioether (sulfide) groups is 2. The molecule has 0 saturated carbocycles. The van der Waals surface area contributed by atoms with Gasteiger partial charge in [0.25, 0.3) is 0 Å². The van der Waals surface area contributed by atoms with Crippen molar-refractivity contribution in [3.63, 3.8) is 0 Å². The molecule has 1 aliphatic heterocycles. The molecular weight excluding hydrogens is 304 g/mol. The summed E-state index contributed by atoms with van der Waals surface area (Å²) in [6, 6.07) is 6.91. The predicted octanol–water partition coefficient (Wildman–Crippen LogP) is 3.76. The zero-order chi connectivity index (χ0) is 14.7. The van der Waals surface area contributed by atoms with E-state index < -0.39 is 0 Å². The van der Waals surface area contributed by atoms with Crippen molar-refractivity contribution < 1.29 is 0 Å². The second kappa shape index (κ2) is 7.05. The van der Waals surface area contributed by atoms with Crippen LogP contribution in [-0.4, -0.2) is 34.3 Å². The van der Waals surface area contributed by atoms with Crippen LogP contribution in [0.15, 0.2) is 23.1 Å². The lowest BCUT2D eigenvalue weighted by atomic mass is 10.1. The van der Waals surface area contributed by atoms with Crippen molar-refractivity contribution in [1.82, 2.24) is 0 Å². The smallest absolute Gasteiger partial charge is 0.107 e. The van der Waals surface area contributed by atoms with Crippen LogP contribution in [0.4, 0.5) is 5.69 Å². The van der Waals surface area contributed by atoms with Crippen LogP contribution in [0.25, 0.3) is 0 Å². The van der Waals surface area contributed by atoms with Gasteiger partial charge in [-0.25, -0.2) is 0 Å². The fourth-order valence-corrected chi connectivity index (χ4v) is 4.78. The zero-order valence-corrected chi connectivity index (χ0v) is 14.7. The number of nitrogens with zero attached hydrogens (tertiary/aromatic N) is 1. The molecule has 1 aliphatic rings. The van der Waals surface area contributed by atoms with Crippen LogP contribution in [0.3, 0.4) is 0 Å². The summed E-state index contributed by atoms with van der Waals surface area (Å²) in [5, 5.41) is 0.630. The van der Waals surface area contributed by atoms with Crippen molar-refractivity contribution >= 4 is 46.4 Å². The minimum Gasteiger partial charge on any atom is -0.389 e. The molecule has 20 heavy (non-hydrogen) atoms. The molecule has 2 N–H and O–H groups in total. The van der Waals surface area contributed by atoms with Gasteiger partial charge < -0.3 is 10.6 Å². The van der Waals surface area contributed by atoms with Crippen LogP contribution >= 0.6 is 35.7 Å². The Labute approximate surface area is 135 Å². The summed E-state index contributed by atoms with van der Waals surface area (Å²) in [6.45, 7) is 7.81. The highest BCUT2D eigenvalue weighted by Crippen LogP contribution is 2.35. The van der Waals surface area contributed by atoms with Gasteiger partial charge in [0.1, 0.15) is 4.99 Å². The molecule has 2 nitrogen and oxygen atoms in total. The van der Waals surface area contributed by atoms with Crippen LogP contribution in [0.1, 0.15) is 26.3 Å². The Kier molecular flexibility index (Phi) is 5.64. The van der Waals surface area contributed by atoms with Crippen LogP contribution < -0.4 is 10.6 Å². The van der Waals surface area contributed by atoms with E-state index >= 15 is 0 Å². The summed E-state index contributed by atoms with van der Waals surface area (Å²) >= 11 is 9.17. The number of hydrogen-bond acceptors (Lipinski definition) is 4. The van der Waals surface area contributed by atoms with Gasteiger partial charge in [0, 0.05) is 39.7 Å². The highest BCUT2D eigenvalue weighted by atomic mass is 32.2. The van der Waals surface area contributed by atoms with E-state index in [9.17, 15) is 0 Å². The summed E-state index contributed by atoms with van der Waals surface area (Å²) < 4.78 is 0. The first-order chi connectivity index (χ1) is 9.56. The summed E-state index contributed by atoms with van der Waals surface area (Å²) in [5.74, 6) is 2.19. The maximum Gasteiger partial charge on any atom is 0.107 e. The first-order valence-corrected chi connectivity index (χ1v) is 9.44. The molecule has 1 saturated heterocycles. The van der Waals surface area contributed by atoms with E-state index in [1.807, 2.05) is 23.5 Å². The van der Waals surface area contributed by atoms with Gasteiger partial charge in [-0.15, -0.1) is 11.8 Å². The lowest BCUT2D eigenvalue weighted by Crippen LogP contribution is -2.45. The number of benzene rings is 1. The van der Waals surface area contributed by atoms with Crippen molar-refractivity contribution in [3.8, 4) is 0 Å². The molecule has 1 fully saturated rings. The Bertz CT molecular complexity index is 490. The van der Waals surface area contributed by atoms with E-state index in [0.717, 1.165) is 23.6 Å². The van der Waals surface area contributed by atoms with E-state index in [1.165, 1.54) is 10.6 Å². The lowest BCUT2D eigenvalue weighted by Gasteiger charge is -2.40. The second-order valence-corrected chi connectivity index (χ2v) is 8.19. The standard InChI is InChI=1S/C15H22N2S3/c1-4-19-13-7-5-6-12(14(13)15(16)18)17-8-9-20-11(3)10(17)2/h5-7,10-11H,4,8-9H2,1-3H3,(H2,16,18). The summed E-state index contributed by atoms with van der Waals surface area (Å²) in [7, 11) is 0. The highest BCUT2D eigenvalue weighted by Gasteiger charge is 2.28. The first-order valence-electron chi connectivity index (χ1n) is 7.00. The summed E-state index contributed by atoms with van der Waals surface area (Å²) in [5.41, 5.74) is 8.28. The molecule has 110 valence electrons. The number of hydrogen-bond donors (Lipinski definition) is 1. The second-order valence-electron chi connectivity index (χ2n) is 4.96. The molecule has 0 amide bonds. The predicted molar refractivity (Wildman–Crippen MR) is 97.5 cm³/mol. The molecule has 2 unspecified atom stereocenters. The Morgan fingerprint density at radius 2 is 2.25 bits per heavy atom. The normalized spacial score (nSPS) is 22.9. The van der Waals surface area contributed by atoms with Crippen molar-refractivity contribution in [3.05, 3.63) is 23.8 Å². The molecule has 2 rings (SSSR count). The largest absolute Gasteiger partial charge is 0.389 e. The third-order valence-electron chi connectivity index (χ3n) is 3.74. The molecule has 0 bridgehead atoms. The van der Waals surface area contributed by atoms with Crippen molar-refractivity contribution in [2.24, 2.45) is 5.73 Å². The molecule has 2 atom stereocenters. The summed E-state index contributed by atoms with van der Waals surface area (Å²) in [6.07, 6.45) is 0. The molecule has 5 heteroatoms. The van der Waals surface area contributed by atoms with E-state index in [-0.39, 0.29) is 0 Å². The van der Waals surface area contributed by atoms with Gasteiger partial charge in [-0.3, -0.25) is 0 Å². The maximum atomic E-state index is 6.02. The quantitative estimate of drug-likeness (QED) is 0.672. The van der Waals surface area contributed by atoms with Gasteiger partial charge in [-0.2, -0.15) is 11.8 Å². The number of thiocarbonyl (C=S) groups is 1. The Balaban J connectivity index is 2.44. The van der Waals surface area contributed by atoms with Gasteiger partial charge in [-0.1, -0.05) is 32.1 Å². The fraction of sp³-hybridized carbons (Fsp3) is 0.533. The SMILES string of the molecule is CCSc1cccc(N2CCSC(C)C2C)c1C(N)=S. The fourth-order valence-electron chi connectivity index (χ4n) is 2.56. The van der Waals surface area contributed by atoms with E-state index in [0.29, 0.717) is 16.3 Å². The highest BCUT2D eigenvalue weighted by molar-refractivity contribution is 8.00. The lowest BCUT2D eigenvalue weighted by molar-refractivity contribution is 0.626. The van der Waals surface area contributed by atoms with Crippen molar-refractivity contribution in [1.29, 1.82) is 0 Å². The molecule has 0 spiro atoms. The van der Waals surface area contributed by atoms with Crippen LogP contribution in [0.2, 0.25) is 0 Å². The summed E-state index contributed by atoms with van der Waals surface area (Å²) in [4.78, 5) is 4.18. The molecule has 0 aliphatic carbocycles. The average Bonchev–Trinajstić information content (AvgIpc) is 2.42. The van der Waals surface area contributed by atoms with Gasteiger partial charge in [0.15, 0.2) is 0 Å². The molecule has 1 heterocycles. The molecular formula is C15H22N2S3. The van der Waals surface area contributed by atoms with Gasteiger partial charge in [0.2, 0.25) is 0 Å². The van der Waals surface area contributed by atoms with Crippen LogP contribution in [-0.2, 0) is 0 Å². The topological polar surface area (TPSA) is 29.3 Å². The number of anilines is 1. The molecule has 0 radical (unpaired) electrons. The first kappa shape index (κ1) is 16.0.